The van der Waals surface area contributed by atoms with Crippen molar-refractivity contribution in [3.63, 3.8) is 0 Å². The maximum Gasteiger partial charge on any atom is 0.345 e. The number of halogens is 2. The van der Waals surface area contributed by atoms with E-state index in [1.807, 2.05) is 24.3 Å². The molecule has 2 rings (SSSR count). The summed E-state index contributed by atoms with van der Waals surface area (Å²) in [5.74, 6) is -1.43. The van der Waals surface area contributed by atoms with E-state index < -0.39 is 37.2 Å². The zero-order chi connectivity index (χ0) is 20.4. The summed E-state index contributed by atoms with van der Waals surface area (Å²) in [5, 5.41) is 2.46. The third-order valence-corrected chi connectivity index (χ3v) is 3.85. The Morgan fingerprint density at radius 1 is 0.964 bits per heavy atom. The summed E-state index contributed by atoms with van der Waals surface area (Å²) in [4.78, 5) is 24.7. The lowest BCUT2D eigenvalue weighted by Gasteiger charge is -2.20. The van der Waals surface area contributed by atoms with E-state index in [0.29, 0.717) is 0 Å². The predicted octanol–water partition coefficient (Wildman–Crippen LogP) is 2.02. The first-order chi connectivity index (χ1) is 13.5. The molecular formula is C20H22F2N2O4. The second kappa shape index (κ2) is 11.1. The van der Waals surface area contributed by atoms with Gasteiger partial charge in [-0.05, 0) is 11.1 Å². The van der Waals surface area contributed by atoms with Crippen LogP contribution in [-0.2, 0) is 32.1 Å². The van der Waals surface area contributed by atoms with Crippen molar-refractivity contribution < 1.29 is 27.8 Å². The van der Waals surface area contributed by atoms with Gasteiger partial charge in [-0.3, -0.25) is 4.79 Å². The van der Waals surface area contributed by atoms with Crippen LogP contribution in [0.5, 0.6) is 0 Å². The van der Waals surface area contributed by atoms with Crippen molar-refractivity contribution in [1.82, 2.24) is 5.32 Å². The van der Waals surface area contributed by atoms with Gasteiger partial charge in [0.25, 0.3) is 0 Å². The molecule has 2 atom stereocenters. The van der Waals surface area contributed by atoms with Crippen LogP contribution >= 0.6 is 0 Å². The fourth-order valence-electron chi connectivity index (χ4n) is 2.40. The fourth-order valence-corrected chi connectivity index (χ4v) is 2.40. The Labute approximate surface area is 161 Å². The number of hydrogen-bond acceptors (Lipinski definition) is 5. The first kappa shape index (κ1) is 21.5. The van der Waals surface area contributed by atoms with Crippen LogP contribution in [0.1, 0.15) is 11.1 Å². The second-order valence-electron chi connectivity index (χ2n) is 6.04. The van der Waals surface area contributed by atoms with Gasteiger partial charge in [-0.15, -0.1) is 0 Å². The number of benzene rings is 2. The molecule has 1 amide bonds. The Kier molecular flexibility index (Phi) is 8.51. The van der Waals surface area contributed by atoms with E-state index in [9.17, 15) is 18.4 Å². The topological polar surface area (TPSA) is 90.6 Å². The van der Waals surface area contributed by atoms with Crippen molar-refractivity contribution in [3.8, 4) is 0 Å². The van der Waals surface area contributed by atoms with Gasteiger partial charge in [-0.25, -0.2) is 4.79 Å². The number of alkyl halides is 2. The summed E-state index contributed by atoms with van der Waals surface area (Å²) in [6, 6.07) is 15.7. The Morgan fingerprint density at radius 2 is 1.54 bits per heavy atom. The van der Waals surface area contributed by atoms with Crippen LogP contribution < -0.4 is 11.1 Å². The predicted molar refractivity (Wildman–Crippen MR) is 98.2 cm³/mol. The van der Waals surface area contributed by atoms with Crippen molar-refractivity contribution in [3.05, 3.63) is 71.8 Å². The van der Waals surface area contributed by atoms with Gasteiger partial charge in [0, 0.05) is 6.42 Å². The van der Waals surface area contributed by atoms with Crippen molar-refractivity contribution in [2.24, 2.45) is 5.73 Å². The summed E-state index contributed by atoms with van der Waals surface area (Å²) in [6.45, 7) is -3.66. The van der Waals surface area contributed by atoms with Crippen LogP contribution in [-0.4, -0.2) is 37.2 Å². The lowest BCUT2D eigenvalue weighted by Crippen LogP contribution is -2.51. The number of nitrogens with two attached hydrogens (primary N) is 1. The third kappa shape index (κ3) is 7.42. The monoisotopic (exact) mass is 392 g/mol. The molecular weight excluding hydrogens is 370 g/mol. The average molecular weight is 392 g/mol. The smallest absolute Gasteiger partial charge is 0.345 e. The average Bonchev–Trinajstić information content (AvgIpc) is 2.71. The lowest BCUT2D eigenvalue weighted by atomic mass is 10.1. The Balaban J connectivity index is 2.01. The molecule has 0 heterocycles. The third-order valence-electron chi connectivity index (χ3n) is 3.85. The molecule has 0 radical (unpaired) electrons. The molecule has 28 heavy (non-hydrogen) atoms. The van der Waals surface area contributed by atoms with E-state index in [4.69, 9.17) is 10.5 Å². The summed E-state index contributed by atoms with van der Waals surface area (Å²) in [5.41, 5.74) is 7.14. The number of carbonyl (C=O) groups excluding carboxylic acids is 2. The Bertz CT molecular complexity index is 744. The molecule has 0 fully saturated rings. The molecule has 2 aromatic rings. The van der Waals surface area contributed by atoms with Crippen LogP contribution in [0.25, 0.3) is 0 Å². The highest BCUT2D eigenvalue weighted by atomic mass is 19.3. The molecule has 0 unspecified atom stereocenters. The van der Waals surface area contributed by atoms with Crippen molar-refractivity contribution in [2.75, 3.05) is 6.61 Å². The van der Waals surface area contributed by atoms with Crippen LogP contribution in [0.15, 0.2) is 60.7 Å². The van der Waals surface area contributed by atoms with Crippen molar-refractivity contribution in [2.45, 2.75) is 31.7 Å². The number of rotatable bonds is 10. The zero-order valence-corrected chi connectivity index (χ0v) is 15.1. The maximum atomic E-state index is 12.5. The van der Waals surface area contributed by atoms with Gasteiger partial charge in [0.1, 0.15) is 18.7 Å². The molecule has 0 saturated heterocycles. The van der Waals surface area contributed by atoms with Gasteiger partial charge in [-0.1, -0.05) is 60.7 Å². The summed E-state index contributed by atoms with van der Waals surface area (Å²) < 4.78 is 33.6. The zero-order valence-electron chi connectivity index (χ0n) is 15.1. The van der Waals surface area contributed by atoms with Gasteiger partial charge in [-0.2, -0.15) is 8.78 Å². The van der Waals surface area contributed by atoms with Gasteiger partial charge in [0.05, 0.1) is 6.61 Å². The number of nitrogens with one attached hydrogen (secondary N) is 1. The molecule has 0 aliphatic carbocycles. The molecule has 0 spiro atoms. The van der Waals surface area contributed by atoms with E-state index in [1.54, 1.807) is 36.4 Å². The standard InChI is InChI=1S/C20H22F2N2O4/c21-20(22)28-13-16(23)18(25)24-17(11-14-7-3-1-4-8-14)19(26)27-12-15-9-5-2-6-10-15/h1-10,16-17,20H,11-13,23H2,(H,24,25)/t16-,17-/m0/s1. The SMILES string of the molecule is N[C@@H](COC(F)F)C(=O)N[C@@H](Cc1ccccc1)C(=O)OCc1ccccc1. The number of esters is 1. The summed E-state index contributed by atoms with van der Waals surface area (Å²) in [7, 11) is 0. The van der Waals surface area contributed by atoms with Crippen LogP contribution in [0, 0.1) is 0 Å². The molecule has 3 N–H and O–H groups in total. The van der Waals surface area contributed by atoms with Gasteiger partial charge < -0.3 is 20.5 Å². The number of hydrogen-bond donors (Lipinski definition) is 2. The number of ether oxygens (including phenoxy) is 2. The first-order valence-corrected chi connectivity index (χ1v) is 8.66. The molecule has 0 saturated carbocycles. The highest BCUT2D eigenvalue weighted by molar-refractivity contribution is 5.87. The van der Waals surface area contributed by atoms with E-state index in [2.05, 4.69) is 10.1 Å². The minimum atomic E-state index is -3.03. The van der Waals surface area contributed by atoms with Crippen LogP contribution in [0.3, 0.4) is 0 Å². The molecule has 0 aromatic heterocycles. The van der Waals surface area contributed by atoms with Crippen LogP contribution in [0.4, 0.5) is 8.78 Å². The molecule has 150 valence electrons. The summed E-state index contributed by atoms with van der Waals surface area (Å²) >= 11 is 0. The molecule has 2 aromatic carbocycles. The van der Waals surface area contributed by atoms with Crippen molar-refractivity contribution >= 4 is 11.9 Å². The fraction of sp³-hybridized carbons (Fsp3) is 0.300. The van der Waals surface area contributed by atoms with Crippen molar-refractivity contribution in [1.29, 1.82) is 0 Å². The highest BCUT2D eigenvalue weighted by Gasteiger charge is 2.26. The Morgan fingerprint density at radius 3 is 2.11 bits per heavy atom. The molecule has 6 nitrogen and oxygen atoms in total. The number of carbonyl (C=O) groups is 2. The maximum absolute atomic E-state index is 12.5. The van der Waals surface area contributed by atoms with Gasteiger partial charge >= 0.3 is 12.6 Å². The van der Waals surface area contributed by atoms with Crippen LogP contribution in [0.2, 0.25) is 0 Å². The highest BCUT2D eigenvalue weighted by Crippen LogP contribution is 2.08. The largest absolute Gasteiger partial charge is 0.459 e. The minimum absolute atomic E-state index is 0.0430. The van der Waals surface area contributed by atoms with E-state index in [-0.39, 0.29) is 13.0 Å². The summed E-state index contributed by atoms with van der Waals surface area (Å²) in [6.07, 6.45) is 0.169. The Hall–Kier alpha value is -2.84. The van der Waals surface area contributed by atoms with Gasteiger partial charge in [0.15, 0.2) is 0 Å². The normalized spacial score (nSPS) is 13.0. The lowest BCUT2D eigenvalue weighted by molar-refractivity contribution is -0.151. The first-order valence-electron chi connectivity index (χ1n) is 8.66. The van der Waals surface area contributed by atoms with E-state index >= 15 is 0 Å². The van der Waals surface area contributed by atoms with E-state index in [1.165, 1.54) is 0 Å². The molecule has 8 heteroatoms. The molecule has 0 bridgehead atoms. The van der Waals surface area contributed by atoms with E-state index in [0.717, 1.165) is 11.1 Å². The molecule has 0 aliphatic rings. The number of amides is 1. The van der Waals surface area contributed by atoms with Gasteiger partial charge in [0.2, 0.25) is 5.91 Å². The minimum Gasteiger partial charge on any atom is -0.459 e. The quantitative estimate of drug-likeness (QED) is 0.604. The second-order valence-corrected chi connectivity index (χ2v) is 6.04. The molecule has 0 aliphatic heterocycles.